The SMILES string of the molecule is CCOC(=O)c1cc(C(=O)c2cc(C(F)(F)F)cc(C(F)(F)F)c2)n2cc(C)cc(C)c12. The molecule has 3 rings (SSSR count). The highest BCUT2D eigenvalue weighted by atomic mass is 19.4. The van der Waals surface area contributed by atoms with Crippen LogP contribution < -0.4 is 0 Å². The van der Waals surface area contributed by atoms with Gasteiger partial charge in [0.1, 0.15) is 0 Å². The Hall–Kier alpha value is -3.30. The molecule has 0 fully saturated rings. The summed E-state index contributed by atoms with van der Waals surface area (Å²) >= 11 is 0. The van der Waals surface area contributed by atoms with Gasteiger partial charge in [0.15, 0.2) is 0 Å². The van der Waals surface area contributed by atoms with E-state index in [0.717, 1.165) is 6.07 Å². The van der Waals surface area contributed by atoms with Gasteiger partial charge in [-0.2, -0.15) is 26.3 Å². The summed E-state index contributed by atoms with van der Waals surface area (Å²) in [5.74, 6) is -1.87. The van der Waals surface area contributed by atoms with Crippen molar-refractivity contribution in [1.82, 2.24) is 4.40 Å². The van der Waals surface area contributed by atoms with E-state index in [0.29, 0.717) is 23.3 Å². The van der Waals surface area contributed by atoms with Crippen molar-refractivity contribution in [3.8, 4) is 0 Å². The third-order valence-electron chi connectivity index (χ3n) is 4.76. The van der Waals surface area contributed by atoms with E-state index in [1.807, 2.05) is 0 Å². The van der Waals surface area contributed by atoms with Crippen molar-refractivity contribution in [3.05, 3.63) is 75.6 Å². The van der Waals surface area contributed by atoms with Gasteiger partial charge in [0.05, 0.1) is 34.5 Å². The second kappa shape index (κ2) is 7.99. The number of alkyl halides is 6. The molecule has 0 bridgehead atoms. The van der Waals surface area contributed by atoms with Gasteiger partial charge in [0, 0.05) is 11.8 Å². The molecule has 0 amide bonds. The first kappa shape index (κ1) is 23.4. The highest BCUT2D eigenvalue weighted by molar-refractivity contribution is 6.11. The Morgan fingerprint density at radius 2 is 1.47 bits per heavy atom. The molecule has 0 aliphatic heterocycles. The Kier molecular flexibility index (Phi) is 5.84. The van der Waals surface area contributed by atoms with Crippen molar-refractivity contribution in [2.75, 3.05) is 6.61 Å². The molecule has 0 radical (unpaired) electrons. The fourth-order valence-electron chi connectivity index (χ4n) is 3.49. The van der Waals surface area contributed by atoms with Gasteiger partial charge < -0.3 is 9.14 Å². The van der Waals surface area contributed by atoms with Crippen molar-refractivity contribution >= 4 is 17.3 Å². The zero-order valence-corrected chi connectivity index (χ0v) is 17.1. The van der Waals surface area contributed by atoms with Crippen LogP contribution in [-0.2, 0) is 17.1 Å². The molecule has 0 unspecified atom stereocenters. The maximum atomic E-state index is 13.2. The van der Waals surface area contributed by atoms with Gasteiger partial charge in [-0.15, -0.1) is 0 Å². The number of carbonyl (C=O) groups excluding carboxylic acids is 2. The quantitative estimate of drug-likeness (QED) is 0.274. The lowest BCUT2D eigenvalue weighted by atomic mass is 10.0. The van der Waals surface area contributed by atoms with E-state index >= 15 is 0 Å². The number of esters is 1. The van der Waals surface area contributed by atoms with Crippen LogP contribution in [-0.4, -0.2) is 22.8 Å². The van der Waals surface area contributed by atoms with E-state index in [1.54, 1.807) is 26.8 Å². The van der Waals surface area contributed by atoms with Gasteiger partial charge in [-0.3, -0.25) is 4.79 Å². The molecule has 32 heavy (non-hydrogen) atoms. The summed E-state index contributed by atoms with van der Waals surface area (Å²) < 4.78 is 85.5. The number of ketones is 1. The van der Waals surface area contributed by atoms with Gasteiger partial charge in [0.25, 0.3) is 0 Å². The summed E-state index contributed by atoms with van der Waals surface area (Å²) in [5.41, 5.74) is -2.77. The summed E-state index contributed by atoms with van der Waals surface area (Å²) in [6.07, 6.45) is -8.72. The number of ether oxygens (including phenoxy) is 1. The Bertz CT molecular complexity index is 1190. The number of fused-ring (bicyclic) bond motifs is 1. The summed E-state index contributed by atoms with van der Waals surface area (Å²) in [6.45, 7) is 4.95. The Morgan fingerprint density at radius 1 is 0.906 bits per heavy atom. The van der Waals surface area contributed by atoms with Gasteiger partial charge in [-0.05, 0) is 56.2 Å². The average molecular weight is 457 g/mol. The molecular formula is C22H17F6NO3. The second-order valence-electron chi connectivity index (χ2n) is 7.21. The Morgan fingerprint density at radius 3 is 1.97 bits per heavy atom. The monoisotopic (exact) mass is 457 g/mol. The number of halogens is 6. The zero-order valence-electron chi connectivity index (χ0n) is 17.1. The van der Waals surface area contributed by atoms with Gasteiger partial charge in [-0.1, -0.05) is 6.07 Å². The maximum absolute atomic E-state index is 13.2. The van der Waals surface area contributed by atoms with Gasteiger partial charge >= 0.3 is 18.3 Å². The lowest BCUT2D eigenvalue weighted by Gasteiger charge is -2.14. The first-order chi connectivity index (χ1) is 14.7. The number of pyridine rings is 1. The van der Waals surface area contributed by atoms with Crippen LogP contribution in [0.2, 0.25) is 0 Å². The summed E-state index contributed by atoms with van der Waals surface area (Å²) in [6, 6.07) is 3.52. The molecule has 0 saturated carbocycles. The molecule has 0 saturated heterocycles. The van der Waals surface area contributed by atoms with E-state index in [4.69, 9.17) is 4.74 Å². The van der Waals surface area contributed by atoms with Gasteiger partial charge in [0.2, 0.25) is 5.78 Å². The summed E-state index contributed by atoms with van der Waals surface area (Å²) in [7, 11) is 0. The van der Waals surface area contributed by atoms with Crippen LogP contribution in [0, 0.1) is 13.8 Å². The molecule has 2 aromatic heterocycles. The van der Waals surface area contributed by atoms with Crippen LogP contribution in [0.25, 0.3) is 5.52 Å². The number of nitrogens with zero attached hydrogens (tertiary/aromatic N) is 1. The number of carbonyl (C=O) groups is 2. The number of aromatic nitrogens is 1. The van der Waals surface area contributed by atoms with E-state index in [2.05, 4.69) is 0 Å². The molecule has 1 aromatic carbocycles. The lowest BCUT2D eigenvalue weighted by Crippen LogP contribution is -2.14. The predicted molar refractivity (Wildman–Crippen MR) is 103 cm³/mol. The number of hydrogen-bond donors (Lipinski definition) is 0. The maximum Gasteiger partial charge on any atom is 0.416 e. The predicted octanol–water partition coefficient (Wildman–Crippen LogP) is 6.00. The minimum Gasteiger partial charge on any atom is -0.462 e. The van der Waals surface area contributed by atoms with E-state index in [9.17, 15) is 35.9 Å². The molecule has 0 N–H and O–H groups in total. The summed E-state index contributed by atoms with van der Waals surface area (Å²) in [4.78, 5) is 25.5. The topological polar surface area (TPSA) is 47.8 Å². The third-order valence-corrected chi connectivity index (χ3v) is 4.76. The van der Waals surface area contributed by atoms with Crippen molar-refractivity contribution in [1.29, 1.82) is 0 Å². The smallest absolute Gasteiger partial charge is 0.416 e. The number of hydrogen-bond acceptors (Lipinski definition) is 3. The molecule has 0 aliphatic carbocycles. The normalized spacial score (nSPS) is 12.3. The standard InChI is InChI=1S/C22H17F6NO3/c1-4-32-20(31)16-9-17(29-10-11(2)5-12(3)18(16)29)19(30)13-6-14(21(23,24)25)8-15(7-13)22(26,27)28/h5-10H,4H2,1-3H3. The molecular weight excluding hydrogens is 440 g/mol. The van der Waals surface area contributed by atoms with Crippen LogP contribution in [0.1, 0.15) is 55.6 Å². The van der Waals surface area contributed by atoms with E-state index < -0.39 is 40.8 Å². The van der Waals surface area contributed by atoms with E-state index in [1.165, 1.54) is 10.6 Å². The Labute approximate surface area is 178 Å². The van der Waals surface area contributed by atoms with Crippen LogP contribution >= 0.6 is 0 Å². The zero-order chi connectivity index (χ0) is 24.0. The fraction of sp³-hybridized carbons (Fsp3) is 0.273. The van der Waals surface area contributed by atoms with Crippen LogP contribution in [0.3, 0.4) is 0 Å². The molecule has 0 aliphatic rings. The summed E-state index contributed by atoms with van der Waals surface area (Å²) in [5, 5.41) is 0. The van der Waals surface area contributed by atoms with Crippen molar-refractivity contribution in [2.45, 2.75) is 33.1 Å². The highest BCUT2D eigenvalue weighted by Gasteiger charge is 2.38. The fourth-order valence-corrected chi connectivity index (χ4v) is 3.49. The van der Waals surface area contributed by atoms with Crippen LogP contribution in [0.4, 0.5) is 26.3 Å². The lowest BCUT2D eigenvalue weighted by molar-refractivity contribution is -0.143. The minimum atomic E-state index is -5.10. The van der Waals surface area contributed by atoms with Crippen LogP contribution in [0.5, 0.6) is 0 Å². The molecule has 10 heteroatoms. The molecule has 0 spiro atoms. The van der Waals surface area contributed by atoms with Gasteiger partial charge in [-0.25, -0.2) is 4.79 Å². The van der Waals surface area contributed by atoms with E-state index in [-0.39, 0.29) is 29.4 Å². The second-order valence-corrected chi connectivity index (χ2v) is 7.21. The van der Waals surface area contributed by atoms with Crippen molar-refractivity contribution < 1.29 is 40.7 Å². The molecule has 2 heterocycles. The number of rotatable bonds is 4. The molecule has 170 valence electrons. The van der Waals surface area contributed by atoms with Crippen LogP contribution in [0.15, 0.2) is 36.5 Å². The number of aryl methyl sites for hydroxylation is 2. The highest BCUT2D eigenvalue weighted by Crippen LogP contribution is 2.37. The Balaban J connectivity index is 2.28. The first-order valence-electron chi connectivity index (χ1n) is 9.37. The minimum absolute atomic E-state index is 0.0179. The van der Waals surface area contributed by atoms with Crippen molar-refractivity contribution in [2.24, 2.45) is 0 Å². The molecule has 4 nitrogen and oxygen atoms in total. The largest absolute Gasteiger partial charge is 0.462 e. The molecule has 0 atom stereocenters. The molecule has 3 aromatic rings. The first-order valence-corrected chi connectivity index (χ1v) is 9.37. The third kappa shape index (κ3) is 4.35. The van der Waals surface area contributed by atoms with Crippen molar-refractivity contribution in [3.63, 3.8) is 0 Å². The average Bonchev–Trinajstić information content (AvgIpc) is 3.05. The number of benzene rings is 1.